The highest BCUT2D eigenvalue weighted by molar-refractivity contribution is 5.43. The molecule has 2 N–H and O–H groups in total. The van der Waals surface area contributed by atoms with Crippen LogP contribution in [0.25, 0.3) is 0 Å². The number of hydrogen-bond acceptors (Lipinski definition) is 5. The van der Waals surface area contributed by atoms with Crippen LogP contribution in [0.1, 0.15) is 11.1 Å². The quantitative estimate of drug-likeness (QED) is 0.652. The van der Waals surface area contributed by atoms with Gasteiger partial charge < -0.3 is 15.2 Å². The lowest BCUT2D eigenvalue weighted by molar-refractivity contribution is -0.384. The Balaban J connectivity index is 2.12. The number of nitro benzene ring substituents is 1. The average Bonchev–Trinajstić information content (AvgIpc) is 2.53. The van der Waals surface area contributed by atoms with E-state index in [1.54, 1.807) is 25.3 Å². The van der Waals surface area contributed by atoms with Crippen molar-refractivity contribution < 1.29 is 14.4 Å². The Hall–Kier alpha value is -2.60. The summed E-state index contributed by atoms with van der Waals surface area (Å²) in [7, 11) is 1.55. The van der Waals surface area contributed by atoms with E-state index in [2.05, 4.69) is 0 Å². The molecule has 2 aromatic carbocycles. The first-order valence-electron chi connectivity index (χ1n) is 6.37. The van der Waals surface area contributed by atoms with Crippen molar-refractivity contribution in [3.8, 4) is 11.5 Å². The van der Waals surface area contributed by atoms with Crippen molar-refractivity contribution in [3.05, 3.63) is 63.7 Å². The number of nitrogens with two attached hydrogens (primary N) is 1. The molecule has 0 saturated carbocycles. The molecule has 0 aliphatic carbocycles. The molecule has 6 nitrogen and oxygen atoms in total. The van der Waals surface area contributed by atoms with Crippen LogP contribution in [0.15, 0.2) is 42.5 Å². The highest BCUT2D eigenvalue weighted by Crippen LogP contribution is 2.29. The minimum absolute atomic E-state index is 0.0431. The maximum atomic E-state index is 10.7. The minimum atomic E-state index is -0.430. The zero-order valence-corrected chi connectivity index (χ0v) is 11.6. The van der Waals surface area contributed by atoms with Gasteiger partial charge in [0.05, 0.1) is 12.0 Å². The molecule has 21 heavy (non-hydrogen) atoms. The van der Waals surface area contributed by atoms with E-state index in [4.69, 9.17) is 15.2 Å². The molecule has 2 rings (SSSR count). The smallest absolute Gasteiger partial charge is 0.269 e. The number of ether oxygens (including phenoxy) is 2. The molecule has 110 valence electrons. The Morgan fingerprint density at radius 1 is 1.14 bits per heavy atom. The number of nitro groups is 1. The third-order valence-corrected chi connectivity index (χ3v) is 2.98. The van der Waals surface area contributed by atoms with Crippen molar-refractivity contribution >= 4 is 5.69 Å². The van der Waals surface area contributed by atoms with Gasteiger partial charge in [0.2, 0.25) is 0 Å². The van der Waals surface area contributed by atoms with Gasteiger partial charge >= 0.3 is 0 Å². The third kappa shape index (κ3) is 3.70. The zero-order chi connectivity index (χ0) is 15.2. The van der Waals surface area contributed by atoms with E-state index in [0.29, 0.717) is 23.6 Å². The third-order valence-electron chi connectivity index (χ3n) is 2.98. The molecule has 0 fully saturated rings. The van der Waals surface area contributed by atoms with Gasteiger partial charge in [-0.15, -0.1) is 0 Å². The second kappa shape index (κ2) is 6.71. The highest BCUT2D eigenvalue weighted by Gasteiger charge is 2.08. The van der Waals surface area contributed by atoms with Crippen LogP contribution in [-0.2, 0) is 13.2 Å². The predicted molar refractivity (Wildman–Crippen MR) is 78.3 cm³/mol. The Labute approximate surface area is 122 Å². The van der Waals surface area contributed by atoms with E-state index >= 15 is 0 Å². The van der Waals surface area contributed by atoms with Gasteiger partial charge in [0.25, 0.3) is 5.69 Å². The number of methoxy groups -OCH3 is 1. The van der Waals surface area contributed by atoms with Crippen LogP contribution in [-0.4, -0.2) is 12.0 Å². The van der Waals surface area contributed by atoms with Crippen molar-refractivity contribution in [1.29, 1.82) is 0 Å². The predicted octanol–water partition coefficient (Wildman–Crippen LogP) is 2.64. The second-order valence-electron chi connectivity index (χ2n) is 4.41. The average molecular weight is 288 g/mol. The molecule has 0 unspecified atom stereocenters. The van der Waals surface area contributed by atoms with Crippen LogP contribution in [0.2, 0.25) is 0 Å². The fourth-order valence-electron chi connectivity index (χ4n) is 1.88. The van der Waals surface area contributed by atoms with Gasteiger partial charge in [-0.2, -0.15) is 0 Å². The SMILES string of the molecule is COc1cc(CN)ccc1OCc1cccc([N+](=O)[O-])c1. The van der Waals surface area contributed by atoms with E-state index < -0.39 is 4.92 Å². The van der Waals surface area contributed by atoms with Crippen LogP contribution >= 0.6 is 0 Å². The molecule has 0 aliphatic rings. The molecule has 0 heterocycles. The van der Waals surface area contributed by atoms with Crippen LogP contribution in [0.3, 0.4) is 0 Å². The Morgan fingerprint density at radius 3 is 2.62 bits per heavy atom. The standard InChI is InChI=1S/C15H16N2O4/c1-20-15-8-11(9-16)5-6-14(15)21-10-12-3-2-4-13(7-12)17(18)19/h2-8H,9-10,16H2,1H3. The van der Waals surface area contributed by atoms with Gasteiger partial charge in [-0.25, -0.2) is 0 Å². The molecule has 0 aliphatic heterocycles. The molecule has 2 aromatic rings. The molecule has 0 spiro atoms. The van der Waals surface area contributed by atoms with Crippen LogP contribution < -0.4 is 15.2 Å². The monoisotopic (exact) mass is 288 g/mol. The van der Waals surface area contributed by atoms with E-state index in [0.717, 1.165) is 5.56 Å². The lowest BCUT2D eigenvalue weighted by Crippen LogP contribution is -2.01. The summed E-state index contributed by atoms with van der Waals surface area (Å²) < 4.78 is 10.9. The normalized spacial score (nSPS) is 10.2. The first-order chi connectivity index (χ1) is 10.1. The van der Waals surface area contributed by atoms with E-state index in [1.165, 1.54) is 12.1 Å². The summed E-state index contributed by atoms with van der Waals surface area (Å²) in [6.45, 7) is 0.640. The molecular weight excluding hydrogens is 272 g/mol. The second-order valence-corrected chi connectivity index (χ2v) is 4.41. The Kier molecular flexibility index (Phi) is 4.73. The largest absolute Gasteiger partial charge is 0.493 e. The van der Waals surface area contributed by atoms with Crippen LogP contribution in [0, 0.1) is 10.1 Å². The molecular formula is C15H16N2O4. The fraction of sp³-hybridized carbons (Fsp3) is 0.200. The van der Waals surface area contributed by atoms with Gasteiger partial charge in [0.1, 0.15) is 6.61 Å². The van der Waals surface area contributed by atoms with Crippen LogP contribution in [0.4, 0.5) is 5.69 Å². The van der Waals surface area contributed by atoms with Gasteiger partial charge in [0.15, 0.2) is 11.5 Å². The van der Waals surface area contributed by atoms with Crippen LogP contribution in [0.5, 0.6) is 11.5 Å². The van der Waals surface area contributed by atoms with Gasteiger partial charge in [-0.3, -0.25) is 10.1 Å². The fourth-order valence-corrected chi connectivity index (χ4v) is 1.88. The first kappa shape index (κ1) is 14.8. The Morgan fingerprint density at radius 2 is 1.95 bits per heavy atom. The lowest BCUT2D eigenvalue weighted by atomic mass is 10.2. The summed E-state index contributed by atoms with van der Waals surface area (Å²) in [5.74, 6) is 1.16. The minimum Gasteiger partial charge on any atom is -0.493 e. The molecule has 6 heteroatoms. The van der Waals surface area contributed by atoms with Crippen molar-refractivity contribution in [3.63, 3.8) is 0 Å². The number of benzene rings is 2. The zero-order valence-electron chi connectivity index (χ0n) is 11.6. The maximum absolute atomic E-state index is 10.7. The van der Waals surface area contributed by atoms with Gasteiger partial charge in [-0.1, -0.05) is 18.2 Å². The number of non-ortho nitro benzene ring substituents is 1. The number of nitrogens with zero attached hydrogens (tertiary/aromatic N) is 1. The van der Waals surface area contributed by atoms with E-state index in [1.807, 2.05) is 12.1 Å². The molecule has 0 amide bonds. The van der Waals surface area contributed by atoms with E-state index in [9.17, 15) is 10.1 Å². The molecule has 0 atom stereocenters. The van der Waals surface area contributed by atoms with E-state index in [-0.39, 0.29) is 12.3 Å². The summed E-state index contributed by atoms with van der Waals surface area (Å²) in [5, 5.41) is 10.7. The summed E-state index contributed by atoms with van der Waals surface area (Å²) in [5.41, 5.74) is 7.27. The number of hydrogen-bond donors (Lipinski definition) is 1. The maximum Gasteiger partial charge on any atom is 0.269 e. The van der Waals surface area contributed by atoms with Crippen molar-refractivity contribution in [1.82, 2.24) is 0 Å². The highest BCUT2D eigenvalue weighted by atomic mass is 16.6. The number of rotatable bonds is 6. The molecule has 0 bridgehead atoms. The summed E-state index contributed by atoms with van der Waals surface area (Å²) in [6.07, 6.45) is 0. The first-order valence-corrected chi connectivity index (χ1v) is 6.37. The Bertz CT molecular complexity index is 643. The summed E-state index contributed by atoms with van der Waals surface area (Å²) in [4.78, 5) is 10.3. The molecule has 0 radical (unpaired) electrons. The van der Waals surface area contributed by atoms with Crippen molar-refractivity contribution in [2.24, 2.45) is 5.73 Å². The lowest BCUT2D eigenvalue weighted by Gasteiger charge is -2.11. The van der Waals surface area contributed by atoms with Crippen molar-refractivity contribution in [2.45, 2.75) is 13.2 Å². The van der Waals surface area contributed by atoms with Crippen molar-refractivity contribution in [2.75, 3.05) is 7.11 Å². The van der Waals surface area contributed by atoms with Gasteiger partial charge in [-0.05, 0) is 23.3 Å². The molecule has 0 aromatic heterocycles. The topological polar surface area (TPSA) is 87.6 Å². The van der Waals surface area contributed by atoms with Gasteiger partial charge in [0, 0.05) is 18.7 Å². The summed E-state index contributed by atoms with van der Waals surface area (Å²) >= 11 is 0. The summed E-state index contributed by atoms with van der Waals surface area (Å²) in [6, 6.07) is 11.8. The molecule has 0 saturated heterocycles.